The zero-order valence-corrected chi connectivity index (χ0v) is 13.7. The zero-order chi connectivity index (χ0) is 17.3. The van der Waals surface area contributed by atoms with Crippen molar-refractivity contribution in [2.75, 3.05) is 6.26 Å². The molecule has 0 heterocycles. The minimum Gasteiger partial charge on any atom is -0.289 e. The highest BCUT2D eigenvalue weighted by Crippen LogP contribution is 2.27. The minimum absolute atomic E-state index is 0.179. The summed E-state index contributed by atoms with van der Waals surface area (Å²) in [5, 5.41) is 10.5. The molecule has 0 saturated heterocycles. The van der Waals surface area contributed by atoms with Gasteiger partial charge in [0, 0.05) is 17.4 Å². The summed E-state index contributed by atoms with van der Waals surface area (Å²) >= 11 is 0. The Morgan fingerprint density at radius 2 is 1.71 bits per heavy atom. The summed E-state index contributed by atoms with van der Waals surface area (Å²) in [6.45, 7) is 0. The van der Waals surface area contributed by atoms with E-state index in [-0.39, 0.29) is 16.2 Å². The maximum Gasteiger partial charge on any atom is 0.194 e. The van der Waals surface area contributed by atoms with Gasteiger partial charge in [-0.3, -0.25) is 4.79 Å². The van der Waals surface area contributed by atoms with Crippen LogP contribution in [0.25, 0.3) is 10.8 Å². The molecule has 0 aromatic heterocycles. The highest BCUT2D eigenvalue weighted by atomic mass is 32.2. The minimum atomic E-state index is -3.35. The van der Waals surface area contributed by atoms with Crippen molar-refractivity contribution in [2.24, 2.45) is 0 Å². The predicted molar refractivity (Wildman–Crippen MR) is 91.6 cm³/mol. The number of hydrogen-bond donors (Lipinski definition) is 0. The van der Waals surface area contributed by atoms with Gasteiger partial charge in [0.1, 0.15) is 0 Å². The Kier molecular flexibility index (Phi) is 3.92. The lowest BCUT2D eigenvalue weighted by atomic mass is 9.93. The van der Waals surface area contributed by atoms with Gasteiger partial charge >= 0.3 is 0 Å². The molecule has 0 unspecified atom stereocenters. The van der Waals surface area contributed by atoms with Gasteiger partial charge in [-0.1, -0.05) is 42.5 Å². The summed E-state index contributed by atoms with van der Waals surface area (Å²) in [5.41, 5.74) is 1.04. The molecule has 3 rings (SSSR count). The van der Waals surface area contributed by atoms with Crippen LogP contribution in [0.2, 0.25) is 0 Å². The van der Waals surface area contributed by atoms with Crippen LogP contribution < -0.4 is 0 Å². The third-order valence-electron chi connectivity index (χ3n) is 3.80. The van der Waals surface area contributed by atoms with E-state index in [1.807, 2.05) is 12.1 Å². The van der Waals surface area contributed by atoms with E-state index in [0.717, 1.165) is 6.26 Å². The summed E-state index contributed by atoms with van der Waals surface area (Å²) in [7, 11) is -3.35. The van der Waals surface area contributed by atoms with E-state index in [0.29, 0.717) is 21.9 Å². The highest BCUT2D eigenvalue weighted by molar-refractivity contribution is 7.90. The summed E-state index contributed by atoms with van der Waals surface area (Å²) in [4.78, 5) is 13.0. The van der Waals surface area contributed by atoms with Crippen LogP contribution in [0.4, 0.5) is 0 Å². The van der Waals surface area contributed by atoms with E-state index in [2.05, 4.69) is 0 Å². The van der Waals surface area contributed by atoms with Crippen LogP contribution in [0.15, 0.2) is 65.6 Å². The van der Waals surface area contributed by atoms with Gasteiger partial charge in [0.15, 0.2) is 15.6 Å². The first-order valence-corrected chi connectivity index (χ1v) is 9.07. The van der Waals surface area contributed by atoms with Gasteiger partial charge in [0.2, 0.25) is 0 Å². The van der Waals surface area contributed by atoms with Crippen molar-refractivity contribution in [3.05, 3.63) is 77.4 Å². The molecule has 0 spiro atoms. The van der Waals surface area contributed by atoms with Gasteiger partial charge < -0.3 is 0 Å². The summed E-state index contributed by atoms with van der Waals surface area (Å²) in [6.07, 6.45) is 1.13. The monoisotopic (exact) mass is 335 g/mol. The van der Waals surface area contributed by atoms with Crippen molar-refractivity contribution in [2.45, 2.75) is 4.90 Å². The second-order valence-corrected chi connectivity index (χ2v) is 7.47. The third-order valence-corrected chi connectivity index (χ3v) is 4.91. The molecule has 0 aliphatic heterocycles. The quantitative estimate of drug-likeness (QED) is 0.688. The molecule has 0 aliphatic rings. The molecule has 3 aromatic rings. The molecular formula is C19H13NO3S. The van der Waals surface area contributed by atoms with Gasteiger partial charge in [0.05, 0.1) is 16.5 Å². The zero-order valence-electron chi connectivity index (χ0n) is 12.9. The van der Waals surface area contributed by atoms with Crippen LogP contribution in [0.1, 0.15) is 21.5 Å². The van der Waals surface area contributed by atoms with Crippen LogP contribution in [-0.2, 0) is 9.84 Å². The Labute approximate surface area is 139 Å². The normalized spacial score (nSPS) is 11.2. The summed E-state index contributed by atoms with van der Waals surface area (Å²) in [5.74, 6) is -0.259. The smallest absolute Gasteiger partial charge is 0.194 e. The SMILES string of the molecule is CS(=O)(=O)c1ccc2c(C(=O)c3ccccc3)c(C#N)ccc2c1. The Bertz CT molecular complexity index is 1090. The number of sulfone groups is 1. The average Bonchev–Trinajstić information content (AvgIpc) is 2.59. The highest BCUT2D eigenvalue weighted by Gasteiger charge is 2.18. The molecule has 0 atom stereocenters. The number of carbonyl (C=O) groups excluding carboxylic acids is 1. The average molecular weight is 335 g/mol. The van der Waals surface area contributed by atoms with Gasteiger partial charge in [0.25, 0.3) is 0 Å². The van der Waals surface area contributed by atoms with Crippen molar-refractivity contribution >= 4 is 26.4 Å². The van der Waals surface area contributed by atoms with Crippen molar-refractivity contribution in [3.8, 4) is 6.07 Å². The lowest BCUT2D eigenvalue weighted by Gasteiger charge is -2.09. The van der Waals surface area contributed by atoms with Gasteiger partial charge in [-0.25, -0.2) is 8.42 Å². The largest absolute Gasteiger partial charge is 0.289 e. The Morgan fingerprint density at radius 1 is 1.00 bits per heavy atom. The first-order chi connectivity index (χ1) is 11.4. The van der Waals surface area contributed by atoms with E-state index in [1.165, 1.54) is 12.1 Å². The molecule has 0 radical (unpaired) electrons. The third kappa shape index (κ3) is 2.80. The molecule has 0 fully saturated rings. The lowest BCUT2D eigenvalue weighted by Crippen LogP contribution is -2.05. The molecule has 24 heavy (non-hydrogen) atoms. The lowest BCUT2D eigenvalue weighted by molar-refractivity contribution is 0.104. The molecule has 0 N–H and O–H groups in total. The molecule has 3 aromatic carbocycles. The molecule has 0 bridgehead atoms. The van der Waals surface area contributed by atoms with Gasteiger partial charge in [-0.2, -0.15) is 5.26 Å². The van der Waals surface area contributed by atoms with Crippen molar-refractivity contribution in [1.29, 1.82) is 5.26 Å². The fourth-order valence-corrected chi connectivity index (χ4v) is 3.27. The van der Waals surface area contributed by atoms with Crippen LogP contribution in [0.5, 0.6) is 0 Å². The number of carbonyl (C=O) groups is 1. The second-order valence-electron chi connectivity index (χ2n) is 5.45. The van der Waals surface area contributed by atoms with E-state index in [4.69, 9.17) is 0 Å². The Hall–Kier alpha value is -2.97. The molecule has 0 aliphatic carbocycles. The molecular weight excluding hydrogens is 322 g/mol. The molecule has 0 amide bonds. The number of nitriles is 1. The topological polar surface area (TPSA) is 75.0 Å². The number of rotatable bonds is 3. The fraction of sp³-hybridized carbons (Fsp3) is 0.0526. The standard InChI is InChI=1S/C19H13NO3S/c1-24(22,23)16-9-10-17-14(11-16)7-8-15(12-20)18(17)19(21)13-5-3-2-4-6-13/h2-11H,1H3. The first kappa shape index (κ1) is 15.9. The molecule has 0 saturated carbocycles. The van der Waals surface area contributed by atoms with Crippen LogP contribution >= 0.6 is 0 Å². The Balaban J connectivity index is 2.30. The summed E-state index contributed by atoms with van der Waals surface area (Å²) in [6, 6.07) is 18.5. The van der Waals surface area contributed by atoms with Gasteiger partial charge in [-0.05, 0) is 29.0 Å². The summed E-state index contributed by atoms with van der Waals surface area (Å²) < 4.78 is 23.4. The predicted octanol–water partition coefficient (Wildman–Crippen LogP) is 3.35. The van der Waals surface area contributed by atoms with E-state index < -0.39 is 9.84 Å². The number of ketones is 1. The van der Waals surface area contributed by atoms with Crippen LogP contribution in [-0.4, -0.2) is 20.5 Å². The number of nitrogens with zero attached hydrogens (tertiary/aromatic N) is 1. The van der Waals surface area contributed by atoms with Crippen LogP contribution in [0, 0.1) is 11.3 Å². The van der Waals surface area contributed by atoms with Crippen molar-refractivity contribution in [1.82, 2.24) is 0 Å². The Morgan fingerprint density at radius 3 is 2.33 bits per heavy atom. The van der Waals surface area contributed by atoms with E-state index in [1.54, 1.807) is 42.5 Å². The van der Waals surface area contributed by atoms with E-state index in [9.17, 15) is 18.5 Å². The maximum atomic E-state index is 12.9. The second kappa shape index (κ2) is 5.91. The number of fused-ring (bicyclic) bond motifs is 1. The fourth-order valence-electron chi connectivity index (χ4n) is 2.61. The van der Waals surface area contributed by atoms with Gasteiger partial charge in [-0.15, -0.1) is 0 Å². The van der Waals surface area contributed by atoms with Crippen LogP contribution in [0.3, 0.4) is 0 Å². The van der Waals surface area contributed by atoms with E-state index >= 15 is 0 Å². The first-order valence-electron chi connectivity index (χ1n) is 7.18. The molecule has 118 valence electrons. The van der Waals surface area contributed by atoms with Crippen molar-refractivity contribution in [3.63, 3.8) is 0 Å². The maximum absolute atomic E-state index is 12.9. The number of hydrogen-bond acceptors (Lipinski definition) is 4. The molecule has 4 nitrogen and oxygen atoms in total. The van der Waals surface area contributed by atoms with Crippen molar-refractivity contribution < 1.29 is 13.2 Å². The molecule has 5 heteroatoms. The number of benzene rings is 3.